The van der Waals surface area contributed by atoms with E-state index in [1.807, 2.05) is 0 Å². The lowest BCUT2D eigenvalue weighted by Gasteiger charge is -2.16. The molecule has 30 heavy (non-hydrogen) atoms. The number of pyridine rings is 1. The molecule has 7 nitrogen and oxygen atoms in total. The molecule has 0 fully saturated rings. The van der Waals surface area contributed by atoms with E-state index < -0.39 is 35.9 Å². The summed E-state index contributed by atoms with van der Waals surface area (Å²) in [6, 6.07) is 10.4. The topological polar surface area (TPSA) is 97.1 Å². The van der Waals surface area contributed by atoms with Crippen molar-refractivity contribution in [1.29, 1.82) is 0 Å². The van der Waals surface area contributed by atoms with Crippen LogP contribution >= 0.6 is 11.6 Å². The van der Waals surface area contributed by atoms with E-state index in [4.69, 9.17) is 16.7 Å². The van der Waals surface area contributed by atoms with Crippen molar-refractivity contribution in [1.82, 2.24) is 20.1 Å². The van der Waals surface area contributed by atoms with Crippen molar-refractivity contribution in [2.24, 2.45) is 0 Å². The first-order chi connectivity index (χ1) is 14.3. The van der Waals surface area contributed by atoms with Gasteiger partial charge in [-0.1, -0.05) is 23.7 Å². The molecule has 2 N–H and O–H groups in total. The maximum atomic E-state index is 13.8. The molecule has 156 valence electrons. The van der Waals surface area contributed by atoms with Crippen LogP contribution in [0, 0.1) is 0 Å². The number of nitrogens with one attached hydrogen (secondary N) is 1. The minimum absolute atomic E-state index is 0.157. The van der Waals surface area contributed by atoms with Crippen LogP contribution < -0.4 is 10.9 Å². The van der Waals surface area contributed by atoms with Crippen LogP contribution in [-0.2, 0) is 0 Å². The molecule has 0 bridgehead atoms. The lowest BCUT2D eigenvalue weighted by Crippen LogP contribution is -2.45. The Morgan fingerprint density at radius 1 is 1.17 bits per heavy atom. The molecule has 1 unspecified atom stereocenters. The highest BCUT2D eigenvalue weighted by molar-refractivity contribution is 6.30. The van der Waals surface area contributed by atoms with Crippen molar-refractivity contribution in [3.8, 4) is 16.9 Å². The third-order valence-corrected chi connectivity index (χ3v) is 4.27. The summed E-state index contributed by atoms with van der Waals surface area (Å²) in [7, 11) is 0. The highest BCUT2D eigenvalue weighted by Gasteiger charge is 2.30. The van der Waals surface area contributed by atoms with Gasteiger partial charge in [-0.3, -0.25) is 14.6 Å². The number of aliphatic hydroxyl groups excluding tert-OH is 1. The van der Waals surface area contributed by atoms with Gasteiger partial charge in [0.2, 0.25) is 6.30 Å². The molecular weight excluding hydrogens is 425 g/mol. The molecule has 1 aromatic carbocycles. The summed E-state index contributed by atoms with van der Waals surface area (Å²) in [4.78, 5) is 29.1. The van der Waals surface area contributed by atoms with E-state index in [1.54, 1.807) is 29.6 Å². The molecule has 3 aromatic rings. The molecule has 3 rings (SSSR count). The van der Waals surface area contributed by atoms with Gasteiger partial charge in [0, 0.05) is 16.8 Å². The molecule has 11 heteroatoms. The van der Waals surface area contributed by atoms with E-state index in [0.717, 1.165) is 10.7 Å². The van der Waals surface area contributed by atoms with Crippen molar-refractivity contribution in [2.75, 3.05) is 0 Å². The van der Waals surface area contributed by atoms with E-state index in [0.29, 0.717) is 10.6 Å². The Balaban J connectivity index is 2.09. The summed E-state index contributed by atoms with van der Waals surface area (Å²) in [5, 5.41) is 15.3. The Hall–Kier alpha value is -3.24. The molecule has 0 aliphatic carbocycles. The van der Waals surface area contributed by atoms with Crippen molar-refractivity contribution < 1.29 is 23.1 Å². The summed E-state index contributed by atoms with van der Waals surface area (Å²) < 4.78 is 39.6. The van der Waals surface area contributed by atoms with Gasteiger partial charge in [-0.15, -0.1) is 0 Å². The van der Waals surface area contributed by atoms with E-state index in [9.17, 15) is 22.8 Å². The lowest BCUT2D eigenvalue weighted by atomic mass is 10.1. The number of nitrogens with zero attached hydrogens (tertiary/aromatic N) is 3. The normalized spacial score (nSPS) is 13.1. The van der Waals surface area contributed by atoms with E-state index in [2.05, 4.69) is 10.1 Å². The number of halogens is 4. The average Bonchev–Trinajstić information content (AvgIpc) is 2.74. The first kappa shape index (κ1) is 21.5. The summed E-state index contributed by atoms with van der Waals surface area (Å²) in [6.45, 7) is 0. The molecule has 2 aromatic heterocycles. The van der Waals surface area contributed by atoms with Crippen LogP contribution in [0.2, 0.25) is 5.02 Å². The second kappa shape index (κ2) is 9.06. The van der Waals surface area contributed by atoms with E-state index in [1.165, 1.54) is 24.5 Å². The van der Waals surface area contributed by atoms with Gasteiger partial charge in [0.05, 0.1) is 17.6 Å². The van der Waals surface area contributed by atoms with Crippen molar-refractivity contribution >= 4 is 17.5 Å². The largest absolute Gasteiger partial charge is 0.382 e. The highest BCUT2D eigenvalue weighted by Crippen LogP contribution is 2.20. The molecule has 0 aliphatic rings. The second-order valence-electron chi connectivity index (χ2n) is 6.08. The number of aromatic nitrogens is 3. The van der Waals surface area contributed by atoms with Crippen LogP contribution in [0.5, 0.6) is 0 Å². The monoisotopic (exact) mass is 438 g/mol. The number of hydrogen-bond donors (Lipinski definition) is 2. The van der Waals surface area contributed by atoms with Gasteiger partial charge >= 0.3 is 0 Å². The van der Waals surface area contributed by atoms with Crippen LogP contribution in [-0.4, -0.2) is 44.6 Å². The van der Waals surface area contributed by atoms with Crippen LogP contribution in [0.15, 0.2) is 59.7 Å². The Kier molecular flexibility index (Phi) is 6.48. The Labute approximate surface area is 172 Å². The molecule has 0 spiro atoms. The first-order valence-electron chi connectivity index (χ1n) is 8.50. The van der Waals surface area contributed by atoms with Gasteiger partial charge in [-0.2, -0.15) is 9.78 Å². The Morgan fingerprint density at radius 3 is 2.47 bits per heavy atom. The smallest absolute Gasteiger partial charge is 0.284 e. The number of carbonyl (C=O) groups is 1. The predicted octanol–water partition coefficient (Wildman–Crippen LogP) is 2.60. The molecule has 0 radical (unpaired) electrons. The zero-order chi connectivity index (χ0) is 21.8. The first-order valence-corrected chi connectivity index (χ1v) is 8.87. The Morgan fingerprint density at radius 2 is 1.87 bits per heavy atom. The van der Waals surface area contributed by atoms with Crippen molar-refractivity contribution in [3.05, 3.63) is 75.8 Å². The summed E-state index contributed by atoms with van der Waals surface area (Å²) in [5.74, 6) is -1.29. The summed E-state index contributed by atoms with van der Waals surface area (Å²) >= 11 is 5.87. The van der Waals surface area contributed by atoms with Crippen molar-refractivity contribution in [3.63, 3.8) is 0 Å². The van der Waals surface area contributed by atoms with Crippen LogP contribution in [0.4, 0.5) is 13.2 Å². The fraction of sp³-hybridized carbons (Fsp3) is 0.158. The van der Waals surface area contributed by atoms with E-state index in [-0.39, 0.29) is 11.4 Å². The van der Waals surface area contributed by atoms with Gasteiger partial charge in [0.15, 0.2) is 6.10 Å². The Bertz CT molecular complexity index is 1090. The van der Waals surface area contributed by atoms with Crippen LogP contribution in [0.1, 0.15) is 10.4 Å². The maximum Gasteiger partial charge on any atom is 0.284 e. The lowest BCUT2D eigenvalue weighted by molar-refractivity contribution is -0.0551. The van der Waals surface area contributed by atoms with Crippen LogP contribution in [0.3, 0.4) is 0 Å². The number of aliphatic hydroxyl groups is 1. The molecule has 0 saturated heterocycles. The minimum atomic E-state index is -3.42. The van der Waals surface area contributed by atoms with Crippen LogP contribution in [0.25, 0.3) is 16.9 Å². The number of benzene rings is 1. The molecule has 0 saturated carbocycles. The third-order valence-electron chi connectivity index (χ3n) is 4.01. The zero-order valence-electron chi connectivity index (χ0n) is 15.0. The van der Waals surface area contributed by atoms with Gasteiger partial charge < -0.3 is 10.4 Å². The third kappa shape index (κ3) is 4.66. The minimum Gasteiger partial charge on any atom is -0.382 e. The van der Waals surface area contributed by atoms with E-state index >= 15 is 0 Å². The predicted molar refractivity (Wildman–Crippen MR) is 102 cm³/mol. The number of hydrogen-bond acceptors (Lipinski definition) is 5. The molecular formula is C19H14ClF3N4O3. The van der Waals surface area contributed by atoms with Gasteiger partial charge in [-0.05, 0) is 30.3 Å². The fourth-order valence-electron chi connectivity index (χ4n) is 2.49. The maximum absolute atomic E-state index is 13.8. The quantitative estimate of drug-likeness (QED) is 0.577. The summed E-state index contributed by atoms with van der Waals surface area (Å²) in [5.41, 5.74) is -0.641. The number of amides is 1. The molecule has 2 heterocycles. The molecule has 2 atom stereocenters. The zero-order valence-corrected chi connectivity index (χ0v) is 15.8. The number of alkyl halides is 3. The van der Waals surface area contributed by atoms with Gasteiger partial charge in [0.1, 0.15) is 5.56 Å². The molecule has 1 amide bonds. The van der Waals surface area contributed by atoms with Gasteiger partial charge in [0.25, 0.3) is 17.9 Å². The van der Waals surface area contributed by atoms with Crippen molar-refractivity contribution in [2.45, 2.75) is 18.8 Å². The standard InChI is InChI=1S/C19H14ClF3N4O3/c20-11-5-3-10(4-6-11)14-8-13(18(29)25-17(23)15(28)16(21)22)19(30)27(26-14)12-2-1-7-24-9-12/h1-9,15-17,28H,(H,25,29)/t15-,17?/m0/s1. The SMILES string of the molecule is O=C(NC(F)[C@@H](O)C(F)F)c1cc(-c2ccc(Cl)cc2)nn(-c2cccnc2)c1=O. The van der Waals surface area contributed by atoms with Gasteiger partial charge in [-0.25, -0.2) is 13.2 Å². The number of rotatable bonds is 6. The molecule has 0 aliphatic heterocycles. The fourth-order valence-corrected chi connectivity index (χ4v) is 2.62. The number of carbonyl (C=O) groups excluding carboxylic acids is 1. The summed E-state index contributed by atoms with van der Waals surface area (Å²) in [6.07, 6.45) is -6.16. The second-order valence-corrected chi connectivity index (χ2v) is 6.52. The average molecular weight is 439 g/mol. The highest BCUT2D eigenvalue weighted by atomic mass is 35.5.